The summed E-state index contributed by atoms with van der Waals surface area (Å²) < 4.78 is 11.3. The number of rotatable bonds is 4. The van der Waals surface area contributed by atoms with E-state index in [0.29, 0.717) is 6.61 Å². The average Bonchev–Trinajstić information content (AvgIpc) is 2.25. The average molecular weight is 252 g/mol. The largest absolute Gasteiger partial charge is 0.497 e. The van der Waals surface area contributed by atoms with E-state index in [0.717, 1.165) is 5.75 Å². The van der Waals surface area contributed by atoms with E-state index in [1.54, 1.807) is 7.11 Å². The summed E-state index contributed by atoms with van der Waals surface area (Å²) in [6.07, 6.45) is 0. The van der Waals surface area contributed by atoms with E-state index in [9.17, 15) is 0 Å². The summed E-state index contributed by atoms with van der Waals surface area (Å²) in [6, 6.07) is 8.08. The molecule has 0 saturated heterocycles. The lowest BCUT2D eigenvalue weighted by molar-refractivity contribution is 0.276. The molecule has 3 heteroatoms. The van der Waals surface area contributed by atoms with Crippen LogP contribution in [0.1, 0.15) is 26.3 Å². The highest BCUT2D eigenvalue weighted by Gasteiger charge is 2.36. The van der Waals surface area contributed by atoms with Gasteiger partial charge in [-0.3, -0.25) is 0 Å². The highest BCUT2D eigenvalue weighted by molar-refractivity contribution is 6.74. The first-order chi connectivity index (χ1) is 7.76. The topological polar surface area (TPSA) is 18.5 Å². The molecule has 0 unspecified atom stereocenters. The predicted octanol–water partition coefficient (Wildman–Crippen LogP) is 4.22. The highest BCUT2D eigenvalue weighted by Crippen LogP contribution is 2.37. The molecule has 0 aliphatic heterocycles. The minimum Gasteiger partial charge on any atom is -0.497 e. The van der Waals surface area contributed by atoms with Crippen LogP contribution in [0.15, 0.2) is 24.3 Å². The fraction of sp³-hybridized carbons (Fsp3) is 0.571. The van der Waals surface area contributed by atoms with Crippen LogP contribution in [0.5, 0.6) is 5.75 Å². The van der Waals surface area contributed by atoms with Gasteiger partial charge in [0.2, 0.25) is 0 Å². The minimum absolute atomic E-state index is 0.263. The molecule has 0 aromatic heterocycles. The van der Waals surface area contributed by atoms with Crippen LogP contribution in [-0.4, -0.2) is 15.4 Å². The van der Waals surface area contributed by atoms with E-state index < -0.39 is 8.32 Å². The Morgan fingerprint density at radius 2 is 1.59 bits per heavy atom. The summed E-state index contributed by atoms with van der Waals surface area (Å²) >= 11 is 0. The molecular formula is C14H24O2Si. The molecular weight excluding hydrogens is 228 g/mol. The van der Waals surface area contributed by atoms with E-state index in [1.165, 1.54) is 5.56 Å². The lowest BCUT2D eigenvalue weighted by atomic mass is 10.2. The first kappa shape index (κ1) is 14.3. The van der Waals surface area contributed by atoms with Gasteiger partial charge in [0.05, 0.1) is 13.7 Å². The first-order valence-corrected chi connectivity index (χ1v) is 8.94. The maximum absolute atomic E-state index is 6.15. The third-order valence-electron chi connectivity index (χ3n) is 3.56. The van der Waals surface area contributed by atoms with Crippen molar-refractivity contribution in [2.24, 2.45) is 0 Å². The smallest absolute Gasteiger partial charge is 0.192 e. The zero-order valence-corrected chi connectivity index (χ0v) is 12.8. The Morgan fingerprint density at radius 3 is 2.00 bits per heavy atom. The van der Waals surface area contributed by atoms with E-state index in [1.807, 2.05) is 12.1 Å². The van der Waals surface area contributed by atoms with Crippen LogP contribution < -0.4 is 4.74 Å². The van der Waals surface area contributed by atoms with Crippen LogP contribution >= 0.6 is 0 Å². The van der Waals surface area contributed by atoms with Crippen molar-refractivity contribution in [3.63, 3.8) is 0 Å². The van der Waals surface area contributed by atoms with Crippen LogP contribution in [0.2, 0.25) is 18.1 Å². The molecule has 1 aromatic carbocycles. The number of hydrogen-bond donors (Lipinski definition) is 0. The van der Waals surface area contributed by atoms with Gasteiger partial charge in [-0.25, -0.2) is 0 Å². The fourth-order valence-corrected chi connectivity index (χ4v) is 2.16. The number of benzene rings is 1. The van der Waals surface area contributed by atoms with Gasteiger partial charge < -0.3 is 9.16 Å². The number of ether oxygens (including phenoxy) is 1. The quantitative estimate of drug-likeness (QED) is 0.747. The second kappa shape index (κ2) is 5.23. The van der Waals surface area contributed by atoms with Crippen LogP contribution in [0.25, 0.3) is 0 Å². The molecule has 0 radical (unpaired) electrons. The van der Waals surface area contributed by atoms with Crippen LogP contribution in [0, 0.1) is 0 Å². The second-order valence-electron chi connectivity index (χ2n) is 5.90. The first-order valence-electron chi connectivity index (χ1n) is 6.03. The van der Waals surface area contributed by atoms with E-state index in [2.05, 4.69) is 46.0 Å². The van der Waals surface area contributed by atoms with E-state index >= 15 is 0 Å². The summed E-state index contributed by atoms with van der Waals surface area (Å²) in [4.78, 5) is 0. The van der Waals surface area contributed by atoms with Gasteiger partial charge in [-0.1, -0.05) is 32.9 Å². The summed E-state index contributed by atoms with van der Waals surface area (Å²) in [6.45, 7) is 12.0. The molecule has 0 heterocycles. The van der Waals surface area contributed by atoms with Crippen molar-refractivity contribution in [1.29, 1.82) is 0 Å². The van der Waals surface area contributed by atoms with Gasteiger partial charge in [-0.05, 0) is 35.8 Å². The molecule has 17 heavy (non-hydrogen) atoms. The zero-order chi connectivity index (χ0) is 13.1. The Balaban J connectivity index is 2.61. The molecule has 0 aliphatic carbocycles. The second-order valence-corrected chi connectivity index (χ2v) is 10.7. The Labute approximate surface area is 106 Å². The number of hydrogen-bond acceptors (Lipinski definition) is 2. The minimum atomic E-state index is -1.64. The third-order valence-corrected chi connectivity index (χ3v) is 8.04. The number of methoxy groups -OCH3 is 1. The molecule has 1 aromatic rings. The van der Waals surface area contributed by atoms with Gasteiger partial charge >= 0.3 is 0 Å². The Kier molecular flexibility index (Phi) is 4.39. The highest BCUT2D eigenvalue weighted by atomic mass is 28.4. The SMILES string of the molecule is COc1ccc(CO[Si](C)(C)C(C)(C)C)cc1. The molecule has 0 bridgehead atoms. The molecule has 0 amide bonds. The maximum Gasteiger partial charge on any atom is 0.192 e. The summed E-state index contributed by atoms with van der Waals surface area (Å²) in [7, 11) is 0.0408. The lowest BCUT2D eigenvalue weighted by Gasteiger charge is -2.36. The standard InChI is InChI=1S/C14H24O2Si/c1-14(2,3)17(5,6)16-11-12-7-9-13(15-4)10-8-12/h7-10H,11H2,1-6H3. The van der Waals surface area contributed by atoms with Crippen LogP contribution in [0.4, 0.5) is 0 Å². The van der Waals surface area contributed by atoms with Crippen molar-refractivity contribution in [2.75, 3.05) is 7.11 Å². The lowest BCUT2D eigenvalue weighted by Crippen LogP contribution is -2.40. The van der Waals surface area contributed by atoms with Gasteiger partial charge in [0.1, 0.15) is 5.75 Å². The summed E-state index contributed by atoms with van der Waals surface area (Å²) in [5.74, 6) is 0.890. The van der Waals surface area contributed by atoms with Crippen LogP contribution in [0.3, 0.4) is 0 Å². The molecule has 1 rings (SSSR count). The Hall–Kier alpha value is -0.803. The van der Waals surface area contributed by atoms with Crippen molar-refractivity contribution in [2.45, 2.75) is 45.5 Å². The van der Waals surface area contributed by atoms with Crippen LogP contribution in [-0.2, 0) is 11.0 Å². The zero-order valence-electron chi connectivity index (χ0n) is 11.8. The molecule has 0 aliphatic rings. The predicted molar refractivity (Wildman–Crippen MR) is 75.0 cm³/mol. The molecule has 0 fully saturated rings. The van der Waals surface area contributed by atoms with Crippen molar-refractivity contribution < 1.29 is 9.16 Å². The van der Waals surface area contributed by atoms with Gasteiger partial charge in [0.25, 0.3) is 0 Å². The normalized spacial score (nSPS) is 12.6. The van der Waals surface area contributed by atoms with Crippen molar-refractivity contribution in [3.8, 4) is 5.75 Å². The molecule has 0 N–H and O–H groups in total. The monoisotopic (exact) mass is 252 g/mol. The molecule has 0 atom stereocenters. The van der Waals surface area contributed by atoms with Gasteiger partial charge in [-0.15, -0.1) is 0 Å². The third kappa shape index (κ3) is 3.86. The van der Waals surface area contributed by atoms with E-state index in [-0.39, 0.29) is 5.04 Å². The molecule has 0 spiro atoms. The van der Waals surface area contributed by atoms with Crippen molar-refractivity contribution in [3.05, 3.63) is 29.8 Å². The van der Waals surface area contributed by atoms with Gasteiger partial charge in [0.15, 0.2) is 8.32 Å². The fourth-order valence-electron chi connectivity index (χ4n) is 1.20. The van der Waals surface area contributed by atoms with E-state index in [4.69, 9.17) is 9.16 Å². The Bertz CT molecular complexity index is 349. The molecule has 96 valence electrons. The maximum atomic E-state index is 6.15. The van der Waals surface area contributed by atoms with Gasteiger partial charge in [0, 0.05) is 0 Å². The molecule has 0 saturated carbocycles. The summed E-state index contributed by atoms with van der Waals surface area (Å²) in [5.41, 5.74) is 1.20. The van der Waals surface area contributed by atoms with Crippen molar-refractivity contribution in [1.82, 2.24) is 0 Å². The van der Waals surface area contributed by atoms with Gasteiger partial charge in [-0.2, -0.15) is 0 Å². The molecule has 2 nitrogen and oxygen atoms in total. The Morgan fingerprint density at radius 1 is 1.06 bits per heavy atom. The van der Waals surface area contributed by atoms with Crippen molar-refractivity contribution >= 4 is 8.32 Å². The summed E-state index contributed by atoms with van der Waals surface area (Å²) in [5, 5.41) is 0.263.